The van der Waals surface area contributed by atoms with Crippen LogP contribution in [0.25, 0.3) is 0 Å². The van der Waals surface area contributed by atoms with Gasteiger partial charge in [0.1, 0.15) is 5.75 Å². The zero-order chi connectivity index (χ0) is 25.9. The maximum Gasteiger partial charge on any atom is 0.264 e. The summed E-state index contributed by atoms with van der Waals surface area (Å²) in [4.78, 5) is 17.1. The van der Waals surface area contributed by atoms with Gasteiger partial charge >= 0.3 is 0 Å². The van der Waals surface area contributed by atoms with E-state index >= 15 is 0 Å². The van der Waals surface area contributed by atoms with E-state index in [0.29, 0.717) is 24.5 Å². The Morgan fingerprint density at radius 3 is 2.17 bits per heavy atom. The van der Waals surface area contributed by atoms with Crippen LogP contribution in [0.15, 0.2) is 71.6 Å². The molecule has 0 spiro atoms. The molecule has 0 radical (unpaired) electrons. The summed E-state index contributed by atoms with van der Waals surface area (Å²) in [6, 6.07) is 19.8. The van der Waals surface area contributed by atoms with Crippen molar-refractivity contribution in [1.82, 2.24) is 4.90 Å². The van der Waals surface area contributed by atoms with Gasteiger partial charge < -0.3 is 14.5 Å². The Balaban J connectivity index is 1.30. The summed E-state index contributed by atoms with van der Waals surface area (Å²) in [5.74, 6) is 0.459. The van der Waals surface area contributed by atoms with Crippen molar-refractivity contribution in [3.8, 4) is 5.75 Å². The van der Waals surface area contributed by atoms with Gasteiger partial charge in [0, 0.05) is 38.9 Å². The lowest BCUT2D eigenvalue weighted by atomic mass is 10.1. The average Bonchev–Trinajstić information content (AvgIpc) is 2.89. The van der Waals surface area contributed by atoms with E-state index in [9.17, 15) is 13.2 Å². The highest BCUT2D eigenvalue weighted by Gasteiger charge is 2.23. The van der Waals surface area contributed by atoms with Gasteiger partial charge in [0.05, 0.1) is 10.6 Å². The number of benzene rings is 3. The molecule has 0 saturated carbocycles. The molecule has 1 amide bonds. The lowest BCUT2D eigenvalue weighted by molar-refractivity contribution is -0.133. The molecule has 0 aliphatic carbocycles. The number of aryl methyl sites for hydroxylation is 2. The van der Waals surface area contributed by atoms with Crippen molar-refractivity contribution in [3.63, 3.8) is 0 Å². The molecule has 4 rings (SSSR count). The number of piperazine rings is 1. The zero-order valence-corrected chi connectivity index (χ0v) is 22.1. The monoisotopic (exact) mass is 507 g/mol. The van der Waals surface area contributed by atoms with Crippen LogP contribution in [-0.2, 0) is 14.8 Å². The van der Waals surface area contributed by atoms with Crippen molar-refractivity contribution in [1.29, 1.82) is 0 Å². The number of hydrogen-bond donors (Lipinski definition) is 0. The van der Waals surface area contributed by atoms with Crippen LogP contribution in [0.2, 0.25) is 0 Å². The van der Waals surface area contributed by atoms with Crippen molar-refractivity contribution < 1.29 is 17.9 Å². The van der Waals surface area contributed by atoms with Gasteiger partial charge in [0.15, 0.2) is 6.61 Å². The predicted molar refractivity (Wildman–Crippen MR) is 143 cm³/mol. The molecular weight excluding hydrogens is 474 g/mol. The molecule has 3 aromatic rings. The Morgan fingerprint density at radius 1 is 0.889 bits per heavy atom. The fourth-order valence-electron chi connectivity index (χ4n) is 4.27. The van der Waals surface area contributed by atoms with Crippen LogP contribution in [-0.4, -0.2) is 59.1 Å². The Morgan fingerprint density at radius 2 is 1.53 bits per heavy atom. The highest BCUT2D eigenvalue weighted by atomic mass is 32.2. The Hall–Kier alpha value is -3.52. The standard InChI is InChI=1S/C28H33N3O4S/c1-21-8-14-26(15-9-21)36(33,34)29(4)24-10-12-25(13-11-24)35-20-28(32)31-18-16-30(17-19-31)27-7-5-6-22(2)23(27)3/h5-15H,16-20H2,1-4H3. The number of hydrogen-bond acceptors (Lipinski definition) is 5. The Kier molecular flexibility index (Phi) is 7.54. The highest BCUT2D eigenvalue weighted by Crippen LogP contribution is 2.26. The summed E-state index contributed by atoms with van der Waals surface area (Å²) in [7, 11) is -2.14. The quantitative estimate of drug-likeness (QED) is 0.480. The van der Waals surface area contributed by atoms with Gasteiger partial charge in [-0.1, -0.05) is 29.8 Å². The Bertz CT molecular complexity index is 1310. The predicted octanol–water partition coefficient (Wildman–Crippen LogP) is 4.16. The number of rotatable bonds is 7. The molecule has 0 atom stereocenters. The van der Waals surface area contributed by atoms with Crippen LogP contribution in [0.5, 0.6) is 5.75 Å². The van der Waals surface area contributed by atoms with Crippen molar-refractivity contribution in [2.24, 2.45) is 0 Å². The van der Waals surface area contributed by atoms with E-state index in [1.54, 1.807) is 48.5 Å². The maximum atomic E-state index is 12.9. The minimum atomic E-state index is -3.66. The van der Waals surface area contributed by atoms with Gasteiger partial charge in [-0.05, 0) is 74.4 Å². The summed E-state index contributed by atoms with van der Waals surface area (Å²) < 4.78 is 32.8. The van der Waals surface area contributed by atoms with Crippen molar-refractivity contribution in [2.45, 2.75) is 25.7 Å². The van der Waals surface area contributed by atoms with Gasteiger partial charge in [-0.25, -0.2) is 8.42 Å². The number of carbonyl (C=O) groups is 1. The minimum absolute atomic E-state index is 0.0552. The van der Waals surface area contributed by atoms with Gasteiger partial charge in [-0.2, -0.15) is 0 Å². The molecular formula is C28H33N3O4S. The first kappa shape index (κ1) is 25.6. The molecule has 0 aromatic heterocycles. The van der Waals surface area contributed by atoms with Crippen LogP contribution >= 0.6 is 0 Å². The SMILES string of the molecule is Cc1ccc(S(=O)(=O)N(C)c2ccc(OCC(=O)N3CCN(c4cccc(C)c4C)CC3)cc2)cc1. The smallest absolute Gasteiger partial charge is 0.264 e. The van der Waals surface area contributed by atoms with Gasteiger partial charge in [0.2, 0.25) is 0 Å². The molecule has 1 heterocycles. The van der Waals surface area contributed by atoms with Gasteiger partial charge in [-0.3, -0.25) is 9.10 Å². The molecule has 1 aliphatic rings. The van der Waals surface area contributed by atoms with E-state index < -0.39 is 10.0 Å². The number of anilines is 2. The minimum Gasteiger partial charge on any atom is -0.484 e. The lowest BCUT2D eigenvalue weighted by Gasteiger charge is -2.37. The van der Waals surface area contributed by atoms with Crippen LogP contribution in [0.4, 0.5) is 11.4 Å². The van der Waals surface area contributed by atoms with Crippen LogP contribution < -0.4 is 13.9 Å². The summed E-state index contributed by atoms with van der Waals surface area (Å²) in [6.07, 6.45) is 0. The number of nitrogens with zero attached hydrogens (tertiary/aromatic N) is 3. The van der Waals surface area contributed by atoms with Gasteiger partial charge in [0.25, 0.3) is 15.9 Å². The first-order valence-corrected chi connectivity index (χ1v) is 13.5. The molecule has 0 bridgehead atoms. The lowest BCUT2D eigenvalue weighted by Crippen LogP contribution is -2.50. The second-order valence-corrected chi connectivity index (χ2v) is 11.1. The molecule has 8 heteroatoms. The maximum absolute atomic E-state index is 12.9. The Labute approximate surface area is 214 Å². The topological polar surface area (TPSA) is 70.2 Å². The summed E-state index contributed by atoms with van der Waals surface area (Å²) in [5.41, 5.74) is 5.28. The fraction of sp³-hybridized carbons (Fsp3) is 0.321. The molecule has 1 aliphatic heterocycles. The van der Waals surface area contributed by atoms with E-state index in [4.69, 9.17) is 4.74 Å². The molecule has 36 heavy (non-hydrogen) atoms. The normalized spacial score (nSPS) is 14.0. The molecule has 1 fully saturated rings. The molecule has 0 N–H and O–H groups in total. The van der Waals surface area contributed by atoms with Crippen LogP contribution in [0, 0.1) is 20.8 Å². The second-order valence-electron chi connectivity index (χ2n) is 9.16. The van der Waals surface area contributed by atoms with Crippen LogP contribution in [0.3, 0.4) is 0 Å². The zero-order valence-electron chi connectivity index (χ0n) is 21.3. The van der Waals surface area contributed by atoms with Crippen molar-refractivity contribution in [3.05, 3.63) is 83.4 Å². The average molecular weight is 508 g/mol. The van der Waals surface area contributed by atoms with Crippen molar-refractivity contribution in [2.75, 3.05) is 49.0 Å². The largest absolute Gasteiger partial charge is 0.484 e. The van der Waals surface area contributed by atoms with E-state index in [2.05, 4.69) is 36.9 Å². The molecule has 1 saturated heterocycles. The molecule has 7 nitrogen and oxygen atoms in total. The van der Waals surface area contributed by atoms with Crippen molar-refractivity contribution >= 4 is 27.3 Å². The second kappa shape index (κ2) is 10.6. The number of sulfonamides is 1. The third kappa shape index (κ3) is 5.49. The first-order chi connectivity index (χ1) is 17.2. The van der Waals surface area contributed by atoms with Gasteiger partial charge in [-0.15, -0.1) is 0 Å². The third-order valence-electron chi connectivity index (χ3n) is 6.79. The van der Waals surface area contributed by atoms with Crippen LogP contribution in [0.1, 0.15) is 16.7 Å². The summed E-state index contributed by atoms with van der Waals surface area (Å²) in [5, 5.41) is 0. The fourth-order valence-corrected chi connectivity index (χ4v) is 5.47. The summed E-state index contributed by atoms with van der Waals surface area (Å²) >= 11 is 0. The van der Waals surface area contributed by atoms with E-state index in [1.807, 2.05) is 11.8 Å². The molecule has 3 aromatic carbocycles. The molecule has 0 unspecified atom stereocenters. The van der Waals surface area contributed by atoms with E-state index in [1.165, 1.54) is 28.2 Å². The first-order valence-electron chi connectivity index (χ1n) is 12.0. The summed E-state index contributed by atoms with van der Waals surface area (Å²) in [6.45, 7) is 8.97. The highest BCUT2D eigenvalue weighted by molar-refractivity contribution is 7.92. The number of ether oxygens (including phenoxy) is 1. The number of amides is 1. The molecule has 190 valence electrons. The van der Waals surface area contributed by atoms with E-state index in [0.717, 1.165) is 18.7 Å². The van der Waals surface area contributed by atoms with E-state index in [-0.39, 0.29) is 17.4 Å². The third-order valence-corrected chi connectivity index (χ3v) is 8.59. The number of carbonyl (C=O) groups excluding carboxylic acids is 1.